The molecule has 5 heteroatoms. The number of nitrogens with zero attached hydrogens (tertiary/aromatic N) is 2. The molecule has 0 spiro atoms. The number of ether oxygens (including phenoxy) is 1. The molecule has 2 heterocycles. The van der Waals surface area contributed by atoms with Crippen molar-refractivity contribution in [1.82, 2.24) is 10.3 Å². The molecule has 0 aliphatic carbocycles. The Morgan fingerprint density at radius 3 is 2.86 bits per heavy atom. The quantitative estimate of drug-likeness (QED) is 0.866. The van der Waals surface area contributed by atoms with Crippen LogP contribution in [-0.2, 0) is 4.74 Å². The van der Waals surface area contributed by atoms with E-state index in [0.717, 1.165) is 24.5 Å². The number of morpholine rings is 1. The van der Waals surface area contributed by atoms with Crippen LogP contribution in [0.2, 0.25) is 0 Å². The van der Waals surface area contributed by atoms with Crippen molar-refractivity contribution in [2.75, 3.05) is 31.1 Å². The van der Waals surface area contributed by atoms with Crippen LogP contribution >= 0.6 is 0 Å². The standard InChI is InChI=1S/C16H27N3O2/c1-5-17-12(2)15-7-6-13(8-18-15)19-9-14(10-20)21-16(3,4)11-19/h6-8,12,14,17,20H,5,9-11H2,1-4H3. The van der Waals surface area contributed by atoms with Gasteiger partial charge in [-0.1, -0.05) is 6.92 Å². The Bertz CT molecular complexity index is 447. The molecule has 2 atom stereocenters. The number of pyridine rings is 1. The summed E-state index contributed by atoms with van der Waals surface area (Å²) in [4.78, 5) is 6.80. The van der Waals surface area contributed by atoms with E-state index in [2.05, 4.69) is 55.0 Å². The molecule has 1 saturated heterocycles. The number of anilines is 1. The molecule has 21 heavy (non-hydrogen) atoms. The van der Waals surface area contributed by atoms with Gasteiger partial charge < -0.3 is 20.1 Å². The van der Waals surface area contributed by atoms with Crippen molar-refractivity contribution in [2.45, 2.75) is 45.4 Å². The predicted molar refractivity (Wildman–Crippen MR) is 84.6 cm³/mol. The molecule has 0 amide bonds. The van der Waals surface area contributed by atoms with Gasteiger partial charge in [-0.2, -0.15) is 0 Å². The Hall–Kier alpha value is -1.17. The Kier molecular flexibility index (Phi) is 5.19. The fourth-order valence-corrected chi connectivity index (χ4v) is 2.84. The van der Waals surface area contributed by atoms with Gasteiger partial charge in [0.25, 0.3) is 0 Å². The van der Waals surface area contributed by atoms with Crippen molar-refractivity contribution in [3.05, 3.63) is 24.0 Å². The SMILES string of the molecule is CCNC(C)c1ccc(N2CC(CO)OC(C)(C)C2)cn1. The summed E-state index contributed by atoms with van der Waals surface area (Å²) in [5.74, 6) is 0. The first-order valence-electron chi connectivity index (χ1n) is 7.68. The third-order valence-electron chi connectivity index (χ3n) is 3.77. The number of aromatic nitrogens is 1. The lowest BCUT2D eigenvalue weighted by atomic mass is 10.0. The van der Waals surface area contributed by atoms with Gasteiger partial charge in [0.2, 0.25) is 0 Å². The van der Waals surface area contributed by atoms with Crippen LogP contribution in [0, 0.1) is 0 Å². The van der Waals surface area contributed by atoms with Crippen molar-refractivity contribution in [3.63, 3.8) is 0 Å². The molecule has 1 aromatic heterocycles. The second-order valence-electron chi connectivity index (χ2n) is 6.28. The lowest BCUT2D eigenvalue weighted by Crippen LogP contribution is -2.54. The first kappa shape index (κ1) is 16.2. The molecule has 5 nitrogen and oxygen atoms in total. The fourth-order valence-electron chi connectivity index (χ4n) is 2.84. The van der Waals surface area contributed by atoms with Gasteiger partial charge in [0.15, 0.2) is 0 Å². The molecular weight excluding hydrogens is 266 g/mol. The number of rotatable bonds is 5. The molecule has 2 N–H and O–H groups in total. The van der Waals surface area contributed by atoms with E-state index < -0.39 is 0 Å². The lowest BCUT2D eigenvalue weighted by Gasteiger charge is -2.43. The van der Waals surface area contributed by atoms with Gasteiger partial charge in [-0.15, -0.1) is 0 Å². The molecule has 1 aromatic rings. The van der Waals surface area contributed by atoms with E-state index in [1.807, 2.05) is 6.20 Å². The van der Waals surface area contributed by atoms with E-state index in [-0.39, 0.29) is 24.4 Å². The van der Waals surface area contributed by atoms with Gasteiger partial charge in [0.1, 0.15) is 0 Å². The molecule has 0 aromatic carbocycles. The first-order chi connectivity index (χ1) is 9.95. The van der Waals surface area contributed by atoms with Crippen LogP contribution in [0.4, 0.5) is 5.69 Å². The Labute approximate surface area is 127 Å². The lowest BCUT2D eigenvalue weighted by molar-refractivity contribution is -0.101. The van der Waals surface area contributed by atoms with E-state index in [1.54, 1.807) is 0 Å². The highest BCUT2D eigenvalue weighted by molar-refractivity contribution is 5.46. The number of aliphatic hydroxyl groups excluding tert-OH is 1. The van der Waals surface area contributed by atoms with Crippen LogP contribution in [-0.4, -0.2) is 48.0 Å². The van der Waals surface area contributed by atoms with Crippen molar-refractivity contribution >= 4 is 5.69 Å². The average Bonchev–Trinajstić information content (AvgIpc) is 2.46. The van der Waals surface area contributed by atoms with Crippen LogP contribution < -0.4 is 10.2 Å². The molecule has 0 saturated carbocycles. The molecular formula is C16H27N3O2. The van der Waals surface area contributed by atoms with Crippen molar-refractivity contribution in [2.24, 2.45) is 0 Å². The van der Waals surface area contributed by atoms with Crippen LogP contribution in [0.25, 0.3) is 0 Å². The zero-order valence-corrected chi connectivity index (χ0v) is 13.5. The summed E-state index contributed by atoms with van der Waals surface area (Å²) in [5, 5.41) is 12.7. The molecule has 0 radical (unpaired) electrons. The zero-order valence-electron chi connectivity index (χ0n) is 13.5. The minimum absolute atomic E-state index is 0.0445. The topological polar surface area (TPSA) is 57.6 Å². The molecule has 1 fully saturated rings. The number of aliphatic hydroxyl groups is 1. The zero-order chi connectivity index (χ0) is 15.5. The second-order valence-corrected chi connectivity index (χ2v) is 6.28. The maximum Gasteiger partial charge on any atom is 0.0988 e. The highest BCUT2D eigenvalue weighted by Gasteiger charge is 2.33. The number of hydrogen-bond donors (Lipinski definition) is 2. The van der Waals surface area contributed by atoms with E-state index >= 15 is 0 Å². The monoisotopic (exact) mass is 293 g/mol. The maximum atomic E-state index is 9.39. The third-order valence-corrected chi connectivity index (χ3v) is 3.77. The van der Waals surface area contributed by atoms with E-state index in [9.17, 15) is 5.11 Å². The van der Waals surface area contributed by atoms with E-state index in [1.165, 1.54) is 0 Å². The van der Waals surface area contributed by atoms with E-state index in [4.69, 9.17) is 4.74 Å². The van der Waals surface area contributed by atoms with Crippen LogP contribution in [0.5, 0.6) is 0 Å². The summed E-state index contributed by atoms with van der Waals surface area (Å²) in [5.41, 5.74) is 1.87. The second kappa shape index (κ2) is 6.73. The average molecular weight is 293 g/mol. The molecule has 1 aliphatic rings. The maximum absolute atomic E-state index is 9.39. The molecule has 2 unspecified atom stereocenters. The summed E-state index contributed by atoms with van der Waals surface area (Å²) < 4.78 is 5.85. The van der Waals surface area contributed by atoms with Crippen LogP contribution in [0.15, 0.2) is 18.3 Å². The van der Waals surface area contributed by atoms with Crippen molar-refractivity contribution in [3.8, 4) is 0 Å². The Morgan fingerprint density at radius 1 is 1.52 bits per heavy atom. The first-order valence-corrected chi connectivity index (χ1v) is 7.68. The minimum atomic E-state index is -0.263. The number of nitrogens with one attached hydrogen (secondary N) is 1. The third kappa shape index (κ3) is 4.15. The summed E-state index contributed by atoms with van der Waals surface area (Å²) in [6, 6.07) is 4.43. The number of hydrogen-bond acceptors (Lipinski definition) is 5. The summed E-state index contributed by atoms with van der Waals surface area (Å²) in [7, 11) is 0. The molecule has 2 rings (SSSR count). The van der Waals surface area contributed by atoms with Gasteiger partial charge >= 0.3 is 0 Å². The van der Waals surface area contributed by atoms with E-state index in [0.29, 0.717) is 6.54 Å². The van der Waals surface area contributed by atoms with Gasteiger partial charge in [-0.3, -0.25) is 4.98 Å². The smallest absolute Gasteiger partial charge is 0.0988 e. The fraction of sp³-hybridized carbons (Fsp3) is 0.688. The Balaban J connectivity index is 2.10. The largest absolute Gasteiger partial charge is 0.394 e. The normalized spacial score (nSPS) is 23.1. The van der Waals surface area contributed by atoms with Gasteiger partial charge in [-0.25, -0.2) is 0 Å². The van der Waals surface area contributed by atoms with Crippen molar-refractivity contribution in [1.29, 1.82) is 0 Å². The summed E-state index contributed by atoms with van der Waals surface area (Å²) in [6.45, 7) is 10.8. The highest BCUT2D eigenvalue weighted by Crippen LogP contribution is 2.26. The van der Waals surface area contributed by atoms with Crippen molar-refractivity contribution < 1.29 is 9.84 Å². The predicted octanol–water partition coefficient (Wildman–Crippen LogP) is 1.73. The summed E-state index contributed by atoms with van der Waals surface area (Å²) in [6.07, 6.45) is 1.77. The van der Waals surface area contributed by atoms with Crippen LogP contribution in [0.1, 0.15) is 39.4 Å². The highest BCUT2D eigenvalue weighted by atomic mass is 16.5. The van der Waals surface area contributed by atoms with Gasteiger partial charge in [-0.05, 0) is 39.4 Å². The van der Waals surface area contributed by atoms with Gasteiger partial charge in [0, 0.05) is 19.1 Å². The summed E-state index contributed by atoms with van der Waals surface area (Å²) >= 11 is 0. The minimum Gasteiger partial charge on any atom is -0.394 e. The molecule has 0 bridgehead atoms. The Morgan fingerprint density at radius 2 is 2.29 bits per heavy atom. The van der Waals surface area contributed by atoms with Gasteiger partial charge in [0.05, 0.1) is 35.9 Å². The molecule has 1 aliphatic heterocycles. The van der Waals surface area contributed by atoms with Crippen LogP contribution in [0.3, 0.4) is 0 Å². The molecule has 118 valence electrons.